The molecule has 2 aromatic carbocycles. The van der Waals surface area contributed by atoms with Crippen LogP contribution in [0.4, 0.5) is 17.6 Å². The van der Waals surface area contributed by atoms with Crippen LogP contribution >= 0.6 is 11.6 Å². The van der Waals surface area contributed by atoms with E-state index in [2.05, 4.69) is 15.6 Å². The van der Waals surface area contributed by atoms with Crippen molar-refractivity contribution in [3.63, 3.8) is 0 Å². The van der Waals surface area contributed by atoms with Gasteiger partial charge in [0.2, 0.25) is 5.60 Å². The SMILES string of the molecule is CNC(C)(COC)c1cc(-c2ccc(F)c(Cl)c2)nc(C(O)(CNC(=O)c2ccc(OCCO)c(OC)c2)C(F)(F)F)c1. The molecular formula is C29H32ClF4N3O6. The first-order chi connectivity index (χ1) is 20.2. The molecule has 2 unspecified atom stereocenters. The molecule has 3 rings (SSSR count). The number of carbonyl (C=O) groups excluding carboxylic acids is 1. The molecule has 0 aliphatic heterocycles. The van der Waals surface area contributed by atoms with E-state index >= 15 is 0 Å². The van der Waals surface area contributed by atoms with Crippen molar-refractivity contribution in [1.82, 2.24) is 15.6 Å². The number of aromatic nitrogens is 1. The van der Waals surface area contributed by atoms with Gasteiger partial charge in [-0.3, -0.25) is 4.79 Å². The third-order valence-corrected chi connectivity index (χ3v) is 7.12. The van der Waals surface area contributed by atoms with E-state index in [1.165, 1.54) is 50.6 Å². The molecule has 234 valence electrons. The average molecular weight is 630 g/mol. The zero-order valence-electron chi connectivity index (χ0n) is 23.8. The third-order valence-electron chi connectivity index (χ3n) is 6.83. The minimum atomic E-state index is -5.30. The number of rotatable bonds is 13. The molecule has 0 fully saturated rings. The summed E-state index contributed by atoms with van der Waals surface area (Å²) in [5.41, 5.74) is -5.20. The maximum Gasteiger partial charge on any atom is 0.424 e. The van der Waals surface area contributed by atoms with E-state index in [1.54, 1.807) is 14.0 Å². The van der Waals surface area contributed by atoms with Crippen LogP contribution in [0.15, 0.2) is 48.5 Å². The molecule has 1 amide bonds. The molecule has 0 radical (unpaired) electrons. The summed E-state index contributed by atoms with van der Waals surface area (Å²) in [6.07, 6.45) is -5.30. The normalized spacial score (nSPS) is 14.5. The van der Waals surface area contributed by atoms with E-state index in [0.717, 1.165) is 12.1 Å². The summed E-state index contributed by atoms with van der Waals surface area (Å²) in [6, 6.07) is 9.98. The summed E-state index contributed by atoms with van der Waals surface area (Å²) >= 11 is 5.93. The Morgan fingerprint density at radius 2 is 1.79 bits per heavy atom. The highest BCUT2D eigenvalue weighted by atomic mass is 35.5. The molecule has 0 bridgehead atoms. The van der Waals surface area contributed by atoms with Crippen molar-refractivity contribution in [3.8, 4) is 22.8 Å². The Kier molecular flexibility index (Phi) is 11.0. The van der Waals surface area contributed by atoms with Gasteiger partial charge in [0.05, 0.1) is 48.8 Å². The summed E-state index contributed by atoms with van der Waals surface area (Å²) in [4.78, 5) is 17.0. The Morgan fingerprint density at radius 3 is 2.37 bits per heavy atom. The van der Waals surface area contributed by atoms with Crippen molar-refractivity contribution >= 4 is 17.5 Å². The van der Waals surface area contributed by atoms with Crippen LogP contribution in [0.5, 0.6) is 11.5 Å². The fourth-order valence-corrected chi connectivity index (χ4v) is 4.36. The lowest BCUT2D eigenvalue weighted by Crippen LogP contribution is -2.52. The minimum Gasteiger partial charge on any atom is -0.493 e. The van der Waals surface area contributed by atoms with Crippen molar-refractivity contribution in [3.05, 3.63) is 76.2 Å². The summed E-state index contributed by atoms with van der Waals surface area (Å²) in [6.45, 7) is 0.0760. The zero-order chi connectivity index (χ0) is 32.0. The van der Waals surface area contributed by atoms with Gasteiger partial charge in [0, 0.05) is 18.2 Å². The lowest BCUT2D eigenvalue weighted by atomic mass is 9.88. The summed E-state index contributed by atoms with van der Waals surface area (Å²) in [5, 5.41) is 25.0. The number of ether oxygens (including phenoxy) is 3. The van der Waals surface area contributed by atoms with E-state index in [-0.39, 0.29) is 58.7 Å². The van der Waals surface area contributed by atoms with Crippen LogP contribution in [-0.2, 0) is 15.9 Å². The third kappa shape index (κ3) is 7.54. The first kappa shape index (κ1) is 34.0. The monoisotopic (exact) mass is 629 g/mol. The number of nitrogens with zero attached hydrogens (tertiary/aromatic N) is 1. The first-order valence-corrected chi connectivity index (χ1v) is 13.3. The Hall–Kier alpha value is -3.49. The number of carbonyl (C=O) groups is 1. The van der Waals surface area contributed by atoms with Crippen molar-refractivity contribution < 1.29 is 46.8 Å². The van der Waals surface area contributed by atoms with Crippen molar-refractivity contribution in [1.29, 1.82) is 0 Å². The van der Waals surface area contributed by atoms with Crippen LogP contribution in [0.2, 0.25) is 5.02 Å². The van der Waals surface area contributed by atoms with E-state index < -0.39 is 41.3 Å². The molecule has 3 aromatic rings. The second-order valence-electron chi connectivity index (χ2n) is 9.75. The number of halogens is 5. The highest BCUT2D eigenvalue weighted by molar-refractivity contribution is 6.31. The van der Waals surface area contributed by atoms with Gasteiger partial charge in [-0.1, -0.05) is 11.6 Å². The molecule has 0 aliphatic carbocycles. The molecule has 9 nitrogen and oxygen atoms in total. The molecule has 1 aromatic heterocycles. The van der Waals surface area contributed by atoms with Crippen LogP contribution < -0.4 is 20.1 Å². The number of alkyl halides is 3. The lowest BCUT2D eigenvalue weighted by molar-refractivity contribution is -0.265. The molecule has 0 saturated heterocycles. The predicted octanol–water partition coefficient (Wildman–Crippen LogP) is 4.18. The lowest BCUT2D eigenvalue weighted by Gasteiger charge is -2.34. The van der Waals surface area contributed by atoms with Crippen LogP contribution in [0.3, 0.4) is 0 Å². The van der Waals surface area contributed by atoms with Crippen molar-refractivity contribution in [2.24, 2.45) is 0 Å². The first-order valence-electron chi connectivity index (χ1n) is 12.9. The predicted molar refractivity (Wildman–Crippen MR) is 151 cm³/mol. The van der Waals surface area contributed by atoms with Gasteiger partial charge >= 0.3 is 6.18 Å². The van der Waals surface area contributed by atoms with Gasteiger partial charge < -0.3 is 35.1 Å². The molecule has 2 atom stereocenters. The van der Waals surface area contributed by atoms with Crippen molar-refractivity contribution in [2.45, 2.75) is 24.2 Å². The number of pyridine rings is 1. The Bertz CT molecular complexity index is 1440. The second-order valence-corrected chi connectivity index (χ2v) is 10.2. The molecule has 0 aliphatic rings. The number of aliphatic hydroxyl groups is 2. The van der Waals surface area contributed by atoms with Crippen LogP contribution in [0.25, 0.3) is 11.3 Å². The van der Waals surface area contributed by atoms with Gasteiger partial charge in [-0.15, -0.1) is 0 Å². The molecular weight excluding hydrogens is 598 g/mol. The maximum atomic E-state index is 14.6. The quantitative estimate of drug-likeness (QED) is 0.208. The van der Waals surface area contributed by atoms with Gasteiger partial charge in [-0.05, 0) is 68.1 Å². The maximum absolute atomic E-state index is 14.6. The number of likely N-dealkylation sites (N-methyl/N-ethyl adjacent to an activating group) is 1. The van der Waals surface area contributed by atoms with Gasteiger partial charge in [0.15, 0.2) is 11.5 Å². The van der Waals surface area contributed by atoms with Gasteiger partial charge in [0.25, 0.3) is 5.91 Å². The second kappa shape index (κ2) is 13.9. The van der Waals surface area contributed by atoms with Crippen LogP contribution in [-0.4, -0.2) is 74.9 Å². The Morgan fingerprint density at radius 1 is 1.07 bits per heavy atom. The van der Waals surface area contributed by atoms with Crippen LogP contribution in [0, 0.1) is 5.82 Å². The average Bonchev–Trinajstić information content (AvgIpc) is 2.99. The molecule has 4 N–H and O–H groups in total. The van der Waals surface area contributed by atoms with Gasteiger partial charge in [-0.25, -0.2) is 9.37 Å². The number of hydrogen-bond donors (Lipinski definition) is 4. The number of methoxy groups -OCH3 is 2. The van der Waals surface area contributed by atoms with E-state index in [1.807, 2.05) is 0 Å². The minimum absolute atomic E-state index is 0.0254. The molecule has 14 heteroatoms. The molecule has 43 heavy (non-hydrogen) atoms. The Balaban J connectivity index is 2.09. The number of hydrogen-bond acceptors (Lipinski definition) is 8. The van der Waals surface area contributed by atoms with Gasteiger partial charge in [0.1, 0.15) is 12.4 Å². The number of amides is 1. The number of benzene rings is 2. The molecule has 1 heterocycles. The fourth-order valence-electron chi connectivity index (χ4n) is 4.18. The van der Waals surface area contributed by atoms with Crippen molar-refractivity contribution in [2.75, 3.05) is 47.6 Å². The smallest absolute Gasteiger partial charge is 0.424 e. The largest absolute Gasteiger partial charge is 0.493 e. The topological polar surface area (TPSA) is 122 Å². The summed E-state index contributed by atoms with van der Waals surface area (Å²) in [7, 11) is 4.30. The van der Waals surface area contributed by atoms with E-state index in [4.69, 9.17) is 30.9 Å². The standard InChI is InChI=1S/C29H32ClF4N3O6/c1-27(35-2,16-41-3)19-13-22(17-5-7-21(31)20(30)11-17)37-25(14-19)28(40,29(32,33)34)15-36-26(39)18-6-8-23(43-10-9-38)24(12-18)42-4/h5-8,11-14,35,38,40H,9-10,15-16H2,1-4H3,(H,36,39). The molecule has 0 spiro atoms. The van der Waals surface area contributed by atoms with E-state index in [9.17, 15) is 27.5 Å². The highest BCUT2D eigenvalue weighted by Crippen LogP contribution is 2.40. The fraction of sp³-hybridized carbons (Fsp3) is 0.379. The number of nitrogens with one attached hydrogen (secondary N) is 2. The zero-order valence-corrected chi connectivity index (χ0v) is 24.6. The number of aliphatic hydroxyl groups excluding tert-OH is 1. The van der Waals surface area contributed by atoms with Gasteiger partial charge in [-0.2, -0.15) is 13.2 Å². The van der Waals surface area contributed by atoms with E-state index in [0.29, 0.717) is 0 Å². The molecule has 0 saturated carbocycles. The highest BCUT2D eigenvalue weighted by Gasteiger charge is 2.56. The Labute approximate surface area is 250 Å². The summed E-state index contributed by atoms with van der Waals surface area (Å²) < 4.78 is 73.5. The van der Waals surface area contributed by atoms with Crippen LogP contribution in [0.1, 0.15) is 28.5 Å². The summed E-state index contributed by atoms with van der Waals surface area (Å²) in [5.74, 6) is -1.37.